The summed E-state index contributed by atoms with van der Waals surface area (Å²) in [6, 6.07) is 9.44. The van der Waals surface area contributed by atoms with E-state index in [0.717, 1.165) is 11.1 Å². The fourth-order valence-corrected chi connectivity index (χ4v) is 1.62. The van der Waals surface area contributed by atoms with Crippen LogP contribution in [-0.4, -0.2) is 10.9 Å². The first-order valence-electron chi connectivity index (χ1n) is 5.45. The summed E-state index contributed by atoms with van der Waals surface area (Å²) in [5.74, 6) is -0.0980. The molecule has 0 saturated carbocycles. The van der Waals surface area contributed by atoms with Crippen LogP contribution >= 0.6 is 0 Å². The summed E-state index contributed by atoms with van der Waals surface area (Å²) in [6.07, 6.45) is 3.30. The van der Waals surface area contributed by atoms with E-state index in [4.69, 9.17) is 0 Å². The topological polar surface area (TPSA) is 42.0 Å². The molecule has 0 bridgehead atoms. The Morgan fingerprint density at radius 1 is 1.24 bits per heavy atom. The van der Waals surface area contributed by atoms with Gasteiger partial charge in [-0.15, -0.1) is 0 Å². The van der Waals surface area contributed by atoms with E-state index in [1.54, 1.807) is 18.5 Å². The summed E-state index contributed by atoms with van der Waals surface area (Å²) < 4.78 is 0. The van der Waals surface area contributed by atoms with E-state index < -0.39 is 0 Å². The summed E-state index contributed by atoms with van der Waals surface area (Å²) in [5.41, 5.74) is 3.45. The van der Waals surface area contributed by atoms with Gasteiger partial charge in [0, 0.05) is 11.8 Å². The minimum atomic E-state index is -0.0980. The Labute approximate surface area is 101 Å². The molecule has 17 heavy (non-hydrogen) atoms. The molecular weight excluding hydrogens is 212 g/mol. The highest BCUT2D eigenvalue weighted by atomic mass is 16.1. The molecule has 0 unspecified atom stereocenters. The maximum absolute atomic E-state index is 12.0. The van der Waals surface area contributed by atoms with Crippen molar-refractivity contribution >= 4 is 11.6 Å². The van der Waals surface area contributed by atoms with Crippen LogP contribution in [0.3, 0.4) is 0 Å². The Morgan fingerprint density at radius 3 is 2.76 bits per heavy atom. The van der Waals surface area contributed by atoms with Crippen molar-refractivity contribution in [3.63, 3.8) is 0 Å². The molecule has 86 valence electrons. The molecule has 0 aliphatic carbocycles. The highest BCUT2D eigenvalue weighted by molar-refractivity contribution is 6.05. The molecule has 0 radical (unpaired) electrons. The smallest absolute Gasteiger partial charge is 0.255 e. The number of carbonyl (C=O) groups is 1. The third kappa shape index (κ3) is 2.69. The van der Waals surface area contributed by atoms with Crippen LogP contribution in [0.4, 0.5) is 5.69 Å². The van der Waals surface area contributed by atoms with E-state index >= 15 is 0 Å². The van der Waals surface area contributed by atoms with E-state index in [1.165, 1.54) is 0 Å². The van der Waals surface area contributed by atoms with Crippen LogP contribution in [0.1, 0.15) is 21.5 Å². The van der Waals surface area contributed by atoms with E-state index in [0.29, 0.717) is 11.3 Å². The molecular formula is C14H14N2O. The van der Waals surface area contributed by atoms with Gasteiger partial charge in [0.25, 0.3) is 5.91 Å². The van der Waals surface area contributed by atoms with E-state index in [9.17, 15) is 4.79 Å². The van der Waals surface area contributed by atoms with Gasteiger partial charge in [-0.05, 0) is 37.6 Å². The number of amides is 1. The lowest BCUT2D eigenvalue weighted by Crippen LogP contribution is -2.13. The average Bonchev–Trinajstić information content (AvgIpc) is 2.33. The van der Waals surface area contributed by atoms with Gasteiger partial charge in [0.1, 0.15) is 0 Å². The Bertz CT molecular complexity index is 535. The lowest BCUT2D eigenvalue weighted by Gasteiger charge is -2.08. The predicted octanol–water partition coefficient (Wildman–Crippen LogP) is 2.95. The largest absolute Gasteiger partial charge is 0.321 e. The number of benzene rings is 1. The number of pyridine rings is 1. The van der Waals surface area contributed by atoms with Crippen molar-refractivity contribution in [2.45, 2.75) is 13.8 Å². The lowest BCUT2D eigenvalue weighted by atomic mass is 10.1. The average molecular weight is 226 g/mol. The molecule has 1 heterocycles. The molecule has 2 rings (SSSR count). The maximum atomic E-state index is 12.0. The molecule has 0 fully saturated rings. The highest BCUT2D eigenvalue weighted by Gasteiger charge is 2.09. The zero-order valence-electron chi connectivity index (χ0n) is 9.90. The number of rotatable bonds is 2. The number of aromatic nitrogens is 1. The van der Waals surface area contributed by atoms with Gasteiger partial charge < -0.3 is 5.32 Å². The molecule has 0 saturated heterocycles. The number of hydrogen-bond acceptors (Lipinski definition) is 2. The Hall–Kier alpha value is -2.16. The van der Waals surface area contributed by atoms with Crippen molar-refractivity contribution in [3.8, 4) is 0 Å². The Balaban J connectivity index is 2.23. The third-order valence-electron chi connectivity index (χ3n) is 2.56. The van der Waals surface area contributed by atoms with Crippen LogP contribution in [0, 0.1) is 13.8 Å². The summed E-state index contributed by atoms with van der Waals surface area (Å²) in [6.45, 7) is 3.90. The van der Waals surface area contributed by atoms with Crippen molar-refractivity contribution in [1.29, 1.82) is 0 Å². The SMILES string of the molecule is Cc1ccc(C)c(C(=O)Nc2cccnc2)c1. The van der Waals surface area contributed by atoms with Gasteiger partial charge in [-0.2, -0.15) is 0 Å². The van der Waals surface area contributed by atoms with Crippen LogP contribution in [-0.2, 0) is 0 Å². The number of aryl methyl sites for hydroxylation is 2. The second-order valence-electron chi connectivity index (χ2n) is 4.01. The van der Waals surface area contributed by atoms with Gasteiger partial charge in [-0.3, -0.25) is 9.78 Å². The zero-order chi connectivity index (χ0) is 12.3. The fraction of sp³-hybridized carbons (Fsp3) is 0.143. The van der Waals surface area contributed by atoms with E-state index in [2.05, 4.69) is 10.3 Å². The number of hydrogen-bond donors (Lipinski definition) is 1. The first-order valence-corrected chi connectivity index (χ1v) is 5.45. The zero-order valence-corrected chi connectivity index (χ0v) is 9.90. The molecule has 1 amide bonds. The van der Waals surface area contributed by atoms with Gasteiger partial charge in [0.2, 0.25) is 0 Å². The van der Waals surface area contributed by atoms with Crippen LogP contribution in [0.2, 0.25) is 0 Å². The van der Waals surface area contributed by atoms with E-state index in [1.807, 2.05) is 38.1 Å². The van der Waals surface area contributed by atoms with Crippen LogP contribution in [0.25, 0.3) is 0 Å². The number of nitrogens with zero attached hydrogens (tertiary/aromatic N) is 1. The third-order valence-corrected chi connectivity index (χ3v) is 2.56. The number of anilines is 1. The highest BCUT2D eigenvalue weighted by Crippen LogP contribution is 2.13. The molecule has 0 aliphatic heterocycles. The van der Waals surface area contributed by atoms with Gasteiger partial charge >= 0.3 is 0 Å². The van der Waals surface area contributed by atoms with Crippen molar-refractivity contribution in [2.75, 3.05) is 5.32 Å². The first-order chi connectivity index (χ1) is 8.16. The number of carbonyl (C=O) groups excluding carboxylic acids is 1. The molecule has 1 aromatic carbocycles. The quantitative estimate of drug-likeness (QED) is 0.855. The minimum Gasteiger partial charge on any atom is -0.321 e. The molecule has 0 atom stereocenters. The molecule has 0 spiro atoms. The van der Waals surface area contributed by atoms with Gasteiger partial charge in [-0.1, -0.05) is 17.7 Å². The summed E-state index contributed by atoms with van der Waals surface area (Å²) >= 11 is 0. The van der Waals surface area contributed by atoms with Crippen molar-refractivity contribution < 1.29 is 4.79 Å². The number of nitrogens with one attached hydrogen (secondary N) is 1. The Kier molecular flexibility index (Phi) is 3.19. The molecule has 2 aromatic rings. The minimum absolute atomic E-state index is 0.0980. The van der Waals surface area contributed by atoms with Crippen molar-refractivity contribution in [3.05, 3.63) is 59.4 Å². The molecule has 0 aliphatic rings. The van der Waals surface area contributed by atoms with Crippen molar-refractivity contribution in [2.24, 2.45) is 0 Å². The molecule has 1 aromatic heterocycles. The maximum Gasteiger partial charge on any atom is 0.255 e. The predicted molar refractivity (Wildman–Crippen MR) is 68.1 cm³/mol. The molecule has 3 heteroatoms. The first kappa shape index (κ1) is 11.3. The van der Waals surface area contributed by atoms with Gasteiger partial charge in [0.05, 0.1) is 11.9 Å². The standard InChI is InChI=1S/C14H14N2O/c1-10-5-6-11(2)13(8-10)14(17)16-12-4-3-7-15-9-12/h3-9H,1-2H3,(H,16,17). The monoisotopic (exact) mass is 226 g/mol. The van der Waals surface area contributed by atoms with Gasteiger partial charge in [0.15, 0.2) is 0 Å². The van der Waals surface area contributed by atoms with Crippen LogP contribution < -0.4 is 5.32 Å². The van der Waals surface area contributed by atoms with Gasteiger partial charge in [-0.25, -0.2) is 0 Å². The van der Waals surface area contributed by atoms with Crippen LogP contribution in [0.15, 0.2) is 42.7 Å². The van der Waals surface area contributed by atoms with Crippen molar-refractivity contribution in [1.82, 2.24) is 4.98 Å². The fourth-order valence-electron chi connectivity index (χ4n) is 1.62. The van der Waals surface area contributed by atoms with E-state index in [-0.39, 0.29) is 5.91 Å². The normalized spacial score (nSPS) is 10.0. The summed E-state index contributed by atoms with van der Waals surface area (Å²) in [7, 11) is 0. The lowest BCUT2D eigenvalue weighted by molar-refractivity contribution is 0.102. The molecule has 3 nitrogen and oxygen atoms in total. The van der Waals surface area contributed by atoms with Crippen LogP contribution in [0.5, 0.6) is 0 Å². The Morgan fingerprint density at radius 2 is 2.06 bits per heavy atom. The summed E-state index contributed by atoms with van der Waals surface area (Å²) in [5, 5.41) is 2.82. The summed E-state index contributed by atoms with van der Waals surface area (Å²) in [4.78, 5) is 16.0. The second-order valence-corrected chi connectivity index (χ2v) is 4.01. The second kappa shape index (κ2) is 4.78. The molecule has 1 N–H and O–H groups in total.